The summed E-state index contributed by atoms with van der Waals surface area (Å²) in [5.41, 5.74) is 0. The van der Waals surface area contributed by atoms with E-state index in [0.29, 0.717) is 0 Å². The smallest absolute Gasteiger partial charge is 0.253 e. The van der Waals surface area contributed by atoms with Crippen LogP contribution in [-0.4, -0.2) is 49.2 Å². The summed E-state index contributed by atoms with van der Waals surface area (Å²) in [7, 11) is 3.19. The van der Waals surface area contributed by atoms with Gasteiger partial charge in [-0.05, 0) is 12.8 Å². The Morgan fingerprint density at radius 3 is 2.25 bits per heavy atom. The number of rotatable bonds is 3. The Morgan fingerprint density at radius 2 is 1.75 bits per heavy atom. The van der Waals surface area contributed by atoms with Crippen molar-refractivity contribution in [3.8, 4) is 0 Å². The van der Waals surface area contributed by atoms with Crippen molar-refractivity contribution in [2.24, 2.45) is 0 Å². The maximum absolute atomic E-state index is 11.6. The van der Waals surface area contributed by atoms with Crippen LogP contribution in [0.2, 0.25) is 0 Å². The monoisotopic (exact) mass is 225 g/mol. The molecule has 1 aliphatic heterocycles. The summed E-state index contributed by atoms with van der Waals surface area (Å²) in [6.07, 6.45) is 3.87. The number of imide groups is 1. The van der Waals surface area contributed by atoms with Gasteiger partial charge in [0.25, 0.3) is 11.8 Å². The van der Waals surface area contributed by atoms with Crippen LogP contribution < -0.4 is 0 Å². The molecule has 0 bridgehead atoms. The first-order valence-electron chi connectivity index (χ1n) is 5.30. The van der Waals surface area contributed by atoms with Gasteiger partial charge in [-0.3, -0.25) is 14.5 Å². The Hall–Kier alpha value is -1.20. The lowest BCUT2D eigenvalue weighted by Crippen LogP contribution is -2.47. The van der Waals surface area contributed by atoms with Crippen LogP contribution in [0, 0.1) is 0 Å². The van der Waals surface area contributed by atoms with Crippen LogP contribution in [0.1, 0.15) is 12.8 Å². The lowest BCUT2D eigenvalue weighted by atomic mass is 10.1. The van der Waals surface area contributed by atoms with E-state index in [9.17, 15) is 9.59 Å². The molecule has 0 N–H and O–H groups in total. The van der Waals surface area contributed by atoms with E-state index in [1.54, 1.807) is 14.2 Å². The Bertz CT molecular complexity index is 321. The topological polar surface area (TPSA) is 55.8 Å². The standard InChI is InChI=1S/C11H15NO4/c1-15-8-4-3-7(11(8)16-2)12-9(13)5-6-10(12)14/h5-8,11H,3-4H2,1-2H3/t7-,8-,11-/m0/s1. The van der Waals surface area contributed by atoms with E-state index in [2.05, 4.69) is 0 Å². The van der Waals surface area contributed by atoms with Gasteiger partial charge in [0.2, 0.25) is 0 Å². The fraction of sp³-hybridized carbons (Fsp3) is 0.636. The van der Waals surface area contributed by atoms with Crippen molar-refractivity contribution in [1.82, 2.24) is 4.90 Å². The van der Waals surface area contributed by atoms with Crippen molar-refractivity contribution < 1.29 is 19.1 Å². The number of hydrogen-bond donors (Lipinski definition) is 0. The number of ether oxygens (including phenoxy) is 2. The molecule has 2 amide bonds. The summed E-state index contributed by atoms with van der Waals surface area (Å²) >= 11 is 0. The second kappa shape index (κ2) is 4.35. The summed E-state index contributed by atoms with van der Waals surface area (Å²) in [6, 6.07) is -0.204. The molecule has 88 valence electrons. The van der Waals surface area contributed by atoms with E-state index in [1.165, 1.54) is 17.1 Å². The van der Waals surface area contributed by atoms with Gasteiger partial charge in [0.15, 0.2) is 0 Å². The van der Waals surface area contributed by atoms with Crippen LogP contribution >= 0.6 is 0 Å². The average Bonchev–Trinajstić information content (AvgIpc) is 2.82. The van der Waals surface area contributed by atoms with Crippen LogP contribution in [0.15, 0.2) is 12.2 Å². The largest absolute Gasteiger partial charge is 0.379 e. The van der Waals surface area contributed by atoms with Crippen LogP contribution in [-0.2, 0) is 19.1 Å². The first-order chi connectivity index (χ1) is 7.69. The fourth-order valence-electron chi connectivity index (χ4n) is 2.49. The zero-order valence-electron chi connectivity index (χ0n) is 9.38. The second-order valence-corrected chi connectivity index (χ2v) is 4.00. The van der Waals surface area contributed by atoms with Crippen molar-refractivity contribution in [3.63, 3.8) is 0 Å². The Balaban J connectivity index is 2.16. The summed E-state index contributed by atoms with van der Waals surface area (Å²) < 4.78 is 10.6. The van der Waals surface area contributed by atoms with Gasteiger partial charge in [-0.15, -0.1) is 0 Å². The van der Waals surface area contributed by atoms with Crippen molar-refractivity contribution in [2.45, 2.75) is 31.1 Å². The molecule has 1 heterocycles. The lowest BCUT2D eigenvalue weighted by Gasteiger charge is -2.28. The highest BCUT2D eigenvalue weighted by Crippen LogP contribution is 2.30. The molecule has 0 unspecified atom stereocenters. The highest BCUT2D eigenvalue weighted by molar-refractivity contribution is 6.13. The number of carbonyl (C=O) groups excluding carboxylic acids is 2. The molecule has 1 fully saturated rings. The Labute approximate surface area is 94.0 Å². The number of methoxy groups -OCH3 is 2. The molecule has 2 aliphatic rings. The molecule has 16 heavy (non-hydrogen) atoms. The summed E-state index contributed by atoms with van der Waals surface area (Å²) in [4.78, 5) is 24.4. The van der Waals surface area contributed by atoms with Crippen molar-refractivity contribution in [1.29, 1.82) is 0 Å². The van der Waals surface area contributed by atoms with Gasteiger partial charge in [-0.2, -0.15) is 0 Å². The second-order valence-electron chi connectivity index (χ2n) is 4.00. The van der Waals surface area contributed by atoms with Crippen LogP contribution in [0.3, 0.4) is 0 Å². The zero-order valence-corrected chi connectivity index (χ0v) is 9.38. The number of carbonyl (C=O) groups is 2. The highest BCUT2D eigenvalue weighted by atomic mass is 16.5. The average molecular weight is 225 g/mol. The maximum Gasteiger partial charge on any atom is 0.253 e. The normalized spacial score (nSPS) is 34.1. The van der Waals surface area contributed by atoms with E-state index in [1.807, 2.05) is 0 Å². The van der Waals surface area contributed by atoms with Crippen molar-refractivity contribution in [3.05, 3.63) is 12.2 Å². The highest BCUT2D eigenvalue weighted by Gasteiger charge is 2.44. The fourth-order valence-corrected chi connectivity index (χ4v) is 2.49. The minimum Gasteiger partial charge on any atom is -0.379 e. The molecular weight excluding hydrogens is 210 g/mol. The third-order valence-electron chi connectivity index (χ3n) is 3.24. The van der Waals surface area contributed by atoms with Crippen molar-refractivity contribution >= 4 is 11.8 Å². The molecule has 1 aliphatic carbocycles. The molecule has 0 spiro atoms. The van der Waals surface area contributed by atoms with E-state index in [0.717, 1.165) is 12.8 Å². The molecule has 0 aromatic heterocycles. The molecule has 0 saturated heterocycles. The van der Waals surface area contributed by atoms with Gasteiger partial charge in [0, 0.05) is 26.4 Å². The van der Waals surface area contributed by atoms with Gasteiger partial charge in [-0.1, -0.05) is 0 Å². The first kappa shape index (κ1) is 11.3. The van der Waals surface area contributed by atoms with Gasteiger partial charge in [-0.25, -0.2) is 0 Å². The first-order valence-corrected chi connectivity index (χ1v) is 5.30. The molecule has 3 atom stereocenters. The molecule has 0 radical (unpaired) electrons. The molecule has 2 rings (SSSR count). The van der Waals surface area contributed by atoms with Crippen LogP contribution in [0.5, 0.6) is 0 Å². The number of amides is 2. The van der Waals surface area contributed by atoms with Crippen molar-refractivity contribution in [2.75, 3.05) is 14.2 Å². The lowest BCUT2D eigenvalue weighted by molar-refractivity contribution is -0.143. The van der Waals surface area contributed by atoms with E-state index < -0.39 is 0 Å². The summed E-state index contributed by atoms with van der Waals surface area (Å²) in [6.45, 7) is 0. The summed E-state index contributed by atoms with van der Waals surface area (Å²) in [5, 5.41) is 0. The van der Waals surface area contributed by atoms with Gasteiger partial charge in [0.05, 0.1) is 12.1 Å². The molecule has 1 saturated carbocycles. The summed E-state index contributed by atoms with van der Waals surface area (Å²) in [5.74, 6) is -0.511. The van der Waals surface area contributed by atoms with Crippen LogP contribution in [0.4, 0.5) is 0 Å². The molecule has 5 heteroatoms. The third kappa shape index (κ3) is 1.66. The third-order valence-corrected chi connectivity index (χ3v) is 3.24. The predicted octanol–water partition coefficient (Wildman–Crippen LogP) is 0.104. The van der Waals surface area contributed by atoms with E-state index in [-0.39, 0.29) is 30.1 Å². The predicted molar refractivity (Wildman–Crippen MR) is 55.6 cm³/mol. The van der Waals surface area contributed by atoms with Gasteiger partial charge < -0.3 is 9.47 Å². The van der Waals surface area contributed by atoms with Gasteiger partial charge in [0.1, 0.15) is 6.10 Å². The zero-order chi connectivity index (χ0) is 11.7. The Morgan fingerprint density at radius 1 is 1.12 bits per heavy atom. The SMILES string of the molecule is CO[C@@H]1[C@@H](OC)CC[C@@H]1N1C(=O)C=CC1=O. The molecule has 0 aromatic rings. The number of hydrogen-bond acceptors (Lipinski definition) is 4. The van der Waals surface area contributed by atoms with E-state index in [4.69, 9.17) is 9.47 Å². The quantitative estimate of drug-likeness (QED) is 0.639. The van der Waals surface area contributed by atoms with Gasteiger partial charge >= 0.3 is 0 Å². The number of nitrogens with zero attached hydrogens (tertiary/aromatic N) is 1. The molecular formula is C11H15NO4. The van der Waals surface area contributed by atoms with E-state index >= 15 is 0 Å². The minimum absolute atomic E-state index is 0.0452. The minimum atomic E-state index is -0.256. The maximum atomic E-state index is 11.6. The van der Waals surface area contributed by atoms with Crippen LogP contribution in [0.25, 0.3) is 0 Å². The molecule has 0 aromatic carbocycles. The Kier molecular flexibility index (Phi) is 3.07. The molecule has 5 nitrogen and oxygen atoms in total.